The van der Waals surface area contributed by atoms with Gasteiger partial charge in [-0.15, -0.1) is 35.6 Å². The van der Waals surface area contributed by atoms with Crippen molar-refractivity contribution >= 4 is 74.2 Å². The average molecular weight is 1430 g/mol. The molecule has 9 unspecified atom stereocenters. The van der Waals surface area contributed by atoms with Gasteiger partial charge in [-0.25, -0.2) is 19.2 Å². The number of β-amino-alcohol motifs (C(OH)–C–C–N with tert-alkyl or cyclic N) is 2. The van der Waals surface area contributed by atoms with E-state index < -0.39 is 46.8 Å². The molecule has 5 heterocycles. The molecule has 26 nitrogen and oxygen atoms in total. The number of carbonyl (C=O) groups excluding carboxylic acids is 5. The van der Waals surface area contributed by atoms with E-state index in [0.717, 1.165) is 32.0 Å². The van der Waals surface area contributed by atoms with Crippen molar-refractivity contribution in [2.45, 2.75) is 229 Å². The van der Waals surface area contributed by atoms with Gasteiger partial charge in [-0.3, -0.25) is 14.6 Å². The number of ketones is 1. The van der Waals surface area contributed by atoms with Gasteiger partial charge in [-0.2, -0.15) is 0 Å². The number of rotatable bonds is 5. The van der Waals surface area contributed by atoms with E-state index in [9.17, 15) is 29.1 Å². The summed E-state index contributed by atoms with van der Waals surface area (Å²) in [6.07, 6.45) is 0.456. The van der Waals surface area contributed by atoms with Crippen LogP contribution in [0, 0.1) is 0 Å². The molecule has 557 valence electrons. The van der Waals surface area contributed by atoms with Crippen LogP contribution in [0.4, 0.5) is 19.2 Å². The third-order valence-electron chi connectivity index (χ3n) is 10.8. The number of Topliss-reactive ketones (excluding diaryl/α,β-unsaturated/α-hetero) is 1. The summed E-state index contributed by atoms with van der Waals surface area (Å²) >= 11 is 10.5. The summed E-state index contributed by atoms with van der Waals surface area (Å²) in [6, 6.07) is -0.139. The molecule has 5 aliphatic rings. The molecule has 0 spiro atoms. The molecule has 5 saturated heterocycles. The molecule has 5 aliphatic heterocycles. The van der Waals surface area contributed by atoms with E-state index in [1.807, 2.05) is 69.2 Å². The number of nitrogens with zero attached hydrogens (tertiary/aromatic N) is 3. The maximum absolute atomic E-state index is 11.9. The van der Waals surface area contributed by atoms with Crippen LogP contribution >= 0.6 is 35.6 Å². The van der Waals surface area contributed by atoms with Gasteiger partial charge in [0, 0.05) is 66.2 Å². The molecule has 4 amide bonds. The van der Waals surface area contributed by atoms with Crippen molar-refractivity contribution in [1.29, 1.82) is 0 Å². The summed E-state index contributed by atoms with van der Waals surface area (Å²) in [5, 5.41) is 54.8. The Balaban J connectivity index is -0.000000110. The van der Waals surface area contributed by atoms with Gasteiger partial charge < -0.3 is 96.0 Å². The second-order valence-electron chi connectivity index (χ2n) is 25.6. The molecule has 0 saturated carbocycles. The van der Waals surface area contributed by atoms with Crippen molar-refractivity contribution in [3.63, 3.8) is 0 Å². The molecular formula is C63H130BCl3N6NaO20. The van der Waals surface area contributed by atoms with Crippen molar-refractivity contribution in [1.82, 2.24) is 25.3 Å². The third-order valence-corrected chi connectivity index (χ3v) is 11.6. The predicted octanol–water partition coefficient (Wildman–Crippen LogP) is 4.20. The van der Waals surface area contributed by atoms with E-state index >= 15 is 0 Å². The Morgan fingerprint density at radius 1 is 0.670 bits per heavy atom. The summed E-state index contributed by atoms with van der Waals surface area (Å²) < 4.78 is 46.8. The minimum absolute atomic E-state index is 0. The number of hydrogen-bond acceptors (Lipinski definition) is 22. The number of nitrogens with two attached hydrogens (primary N) is 1. The zero-order valence-electron chi connectivity index (χ0n) is 61.6. The zero-order valence-corrected chi connectivity index (χ0v) is 64.9. The first-order valence-electron chi connectivity index (χ1n) is 30.3. The molecule has 0 bridgehead atoms. The maximum atomic E-state index is 11.9. The minimum Gasteiger partial charge on any atom is -1.00 e. The van der Waals surface area contributed by atoms with Crippen LogP contribution in [0.1, 0.15) is 153 Å². The number of ether oxygens (including phenoxy) is 9. The monoisotopic (exact) mass is 1430 g/mol. The Bertz CT molecular complexity index is 1850. The molecule has 0 aromatic carbocycles. The fraction of sp³-hybridized carbons (Fsp3) is 0.857. The van der Waals surface area contributed by atoms with Crippen LogP contribution < -0.4 is 45.9 Å². The topological polar surface area (TPSA) is 350 Å². The number of amides is 4. The van der Waals surface area contributed by atoms with Gasteiger partial charge in [-0.1, -0.05) is 20.6 Å². The number of alkyl halides is 2. The Morgan fingerprint density at radius 2 is 1.05 bits per heavy atom. The van der Waals surface area contributed by atoms with Crippen LogP contribution in [0.5, 0.6) is 0 Å². The van der Waals surface area contributed by atoms with Crippen LogP contribution in [0.2, 0.25) is 0 Å². The number of allylic oxidation sites excluding steroid dienone is 1. The van der Waals surface area contributed by atoms with Gasteiger partial charge >= 0.3 is 53.9 Å². The van der Waals surface area contributed by atoms with E-state index in [1.54, 1.807) is 60.3 Å². The van der Waals surface area contributed by atoms with Crippen molar-refractivity contribution < 1.29 is 128 Å². The van der Waals surface area contributed by atoms with Gasteiger partial charge in [-0.05, 0) is 156 Å². The molecule has 0 aromatic heterocycles. The smallest absolute Gasteiger partial charge is 1.00 e. The van der Waals surface area contributed by atoms with Crippen LogP contribution in [-0.2, 0) is 47.4 Å². The number of aliphatic hydroxyl groups excluding tert-OH is 6. The van der Waals surface area contributed by atoms with Crippen molar-refractivity contribution in [3.8, 4) is 0 Å². The maximum Gasteiger partial charge on any atom is 1.00 e. The summed E-state index contributed by atoms with van der Waals surface area (Å²) in [4.78, 5) is 62.5. The predicted molar refractivity (Wildman–Crippen MR) is 373 cm³/mol. The van der Waals surface area contributed by atoms with Crippen LogP contribution in [0.15, 0.2) is 24.3 Å². The first-order chi connectivity index (χ1) is 41.5. The number of halogens is 3. The molecular weight excluding hydrogens is 1300 g/mol. The van der Waals surface area contributed by atoms with Gasteiger partial charge in [0.25, 0.3) is 0 Å². The summed E-state index contributed by atoms with van der Waals surface area (Å²) in [5.74, 6) is 0.850. The molecule has 31 heteroatoms. The summed E-state index contributed by atoms with van der Waals surface area (Å²) in [7, 11) is 2.00. The van der Waals surface area contributed by atoms with Gasteiger partial charge in [0.2, 0.25) is 0 Å². The zero-order chi connectivity index (χ0) is 71.2. The first-order valence-corrected chi connectivity index (χ1v) is 31.4. The number of carbonyl (C=O) groups is 5. The van der Waals surface area contributed by atoms with Crippen LogP contribution in [0.3, 0.4) is 0 Å². The van der Waals surface area contributed by atoms with E-state index in [2.05, 4.69) is 30.7 Å². The third kappa shape index (κ3) is 68.2. The molecule has 10 N–H and O–H groups in total. The van der Waals surface area contributed by atoms with Crippen molar-refractivity contribution in [2.75, 3.05) is 125 Å². The number of alkyl carbamates (subject to hydrolysis) is 1. The number of hydrogen-bond donors (Lipinski definition) is 9. The van der Waals surface area contributed by atoms with E-state index in [-0.39, 0.29) is 147 Å². The standard InChI is InChI=1S/C12H21NO3.C11H21NO4.C11H19NO4.C8H17NO3.C6H13NO2.C5H10O.C4H6Cl2.C3H9NO.2CH4O.CH4.B.ClH.Na.H/c1-9-6-13(10(2)8-15-7-9)11(14)16-12(3,4)5;2*1-8-6-15-7-9(13)5-12(8)10(14)16-11(2,3)4;1-6(5-10)9-7(11)12-8(2,3)4;1-5-3-9-4-6(8)2-7-5;1-5-3-2-4-6-5;1-4(2-5)3-6;1-3(4)2-5;2*1-2;;;;;/h10H,1,6-8H2,2-5H3;8-9,13H,5-7H2,1-4H3;8H,5-7H2,1-4H3;6,10H,5H2,1-4H3,(H,9,11);5-8H,2-4H2,1H3;5H,2-4H2,1H3;1-3H2;3,5H,2,4H2,1H3;2*2H,1H3;1H4;;1H;;/q;;;;;;;;;;;;;+1;-1. The average Bonchev–Trinajstić information content (AvgIpc) is 1.88. The summed E-state index contributed by atoms with van der Waals surface area (Å²) in [5.41, 5.74) is 4.79. The molecule has 3 radical (unpaired) electrons. The number of nitrogens with one attached hydrogen (secondary N) is 2. The first kappa shape index (κ1) is 110. The van der Waals surface area contributed by atoms with Crippen LogP contribution in [-0.4, -0.2) is 286 Å². The van der Waals surface area contributed by atoms with E-state index in [0.29, 0.717) is 76.6 Å². The Hall–Kier alpha value is -2.36. The molecule has 94 heavy (non-hydrogen) atoms. The quantitative estimate of drug-likeness (QED) is 0.0806. The van der Waals surface area contributed by atoms with E-state index in [1.165, 1.54) is 22.6 Å². The van der Waals surface area contributed by atoms with Gasteiger partial charge in [0.15, 0.2) is 5.78 Å². The Morgan fingerprint density at radius 3 is 1.41 bits per heavy atom. The van der Waals surface area contributed by atoms with E-state index in [4.69, 9.17) is 97.1 Å². The Labute approximate surface area is 607 Å². The van der Waals surface area contributed by atoms with Crippen LogP contribution in [0.25, 0.3) is 0 Å². The van der Waals surface area contributed by atoms with Gasteiger partial charge in [0.05, 0.1) is 115 Å². The second kappa shape index (κ2) is 61.7. The molecule has 5 rings (SSSR count). The molecule has 9 atom stereocenters. The molecule has 0 aliphatic carbocycles. The van der Waals surface area contributed by atoms with Gasteiger partial charge in [0.1, 0.15) is 29.0 Å². The van der Waals surface area contributed by atoms with Crippen molar-refractivity contribution in [2.24, 2.45) is 5.73 Å². The largest absolute Gasteiger partial charge is 1.00 e. The SMILES string of the molecule is C.C=C(CCl)CCl.C=C1COCC(C)N(C(=O)OC(C)(C)C)C1.CC(CO)NC(=O)OC(C)(C)C.CC(N)CO.CC1CCCO1.CC1COCC(=O)CN1C(=O)OC(C)(C)C.CC1COCC(O)CN1.CC1COCC(O)CN1C(=O)OC(C)(C)C.CO.CO.Cl.[B].[H-].[Na+]. The van der Waals surface area contributed by atoms with Crippen molar-refractivity contribution in [3.05, 3.63) is 24.3 Å². The second-order valence-corrected chi connectivity index (χ2v) is 26.2. The normalized spacial score (nSPS) is 21.5. The summed E-state index contributed by atoms with van der Waals surface area (Å²) in [6.45, 7) is 48.3. The fourth-order valence-corrected chi connectivity index (χ4v) is 6.81. The Kier molecular flexibility index (Phi) is 72.4. The molecule has 0 aromatic rings. The molecule has 5 fully saturated rings. The minimum atomic E-state index is -0.641. The fourth-order valence-electron chi connectivity index (χ4n) is 6.53. The number of aliphatic hydroxyl groups is 6.